The zero-order chi connectivity index (χ0) is 14.7. The number of ether oxygens (including phenoxy) is 1. The molecule has 0 saturated carbocycles. The molecule has 0 aliphatic carbocycles. The Balaban J connectivity index is 2.35. The average molecular weight is 275 g/mol. The number of benzene rings is 2. The van der Waals surface area contributed by atoms with Crippen molar-refractivity contribution < 1.29 is 14.2 Å². The molecule has 0 bridgehead atoms. The average Bonchev–Trinajstić information content (AvgIpc) is 2.38. The molecule has 3 nitrogen and oxygen atoms in total. The van der Waals surface area contributed by atoms with Gasteiger partial charge in [0.15, 0.2) is 0 Å². The third-order valence-electron chi connectivity index (χ3n) is 2.99. The van der Waals surface area contributed by atoms with Gasteiger partial charge in [-0.1, -0.05) is 12.1 Å². The highest BCUT2D eigenvalue weighted by Gasteiger charge is 2.15. The summed E-state index contributed by atoms with van der Waals surface area (Å²) in [5, 5.41) is 9.68. The van der Waals surface area contributed by atoms with Crippen molar-refractivity contribution in [2.45, 2.75) is 13.0 Å². The number of hydrogen-bond donors (Lipinski definition) is 1. The van der Waals surface area contributed by atoms with Crippen LogP contribution in [0.15, 0.2) is 42.5 Å². The molecule has 0 aliphatic rings. The quantitative estimate of drug-likeness (QED) is 0.922. The Bertz CT molecular complexity index is 597. The standard InChI is InChI=1S/C16H18FNO2/c1-11(19)16-14(17)8-5-9-15(16)20-13-7-4-6-12(10-13)18(2)3/h4-11,19H,1-3H3/t11-/m0/s1. The van der Waals surface area contributed by atoms with Gasteiger partial charge in [-0.3, -0.25) is 0 Å². The lowest BCUT2D eigenvalue weighted by atomic mass is 10.1. The Morgan fingerprint density at radius 2 is 1.85 bits per heavy atom. The highest BCUT2D eigenvalue weighted by molar-refractivity contribution is 5.51. The van der Waals surface area contributed by atoms with Gasteiger partial charge in [-0.25, -0.2) is 4.39 Å². The van der Waals surface area contributed by atoms with E-state index in [4.69, 9.17) is 4.74 Å². The molecule has 4 heteroatoms. The van der Waals surface area contributed by atoms with E-state index in [1.807, 2.05) is 37.2 Å². The van der Waals surface area contributed by atoms with Gasteiger partial charge >= 0.3 is 0 Å². The summed E-state index contributed by atoms with van der Waals surface area (Å²) in [4.78, 5) is 1.95. The Hall–Kier alpha value is -2.07. The summed E-state index contributed by atoms with van der Waals surface area (Å²) in [5.74, 6) is 0.459. The smallest absolute Gasteiger partial charge is 0.136 e. The highest BCUT2D eigenvalue weighted by atomic mass is 19.1. The maximum Gasteiger partial charge on any atom is 0.136 e. The molecule has 0 saturated heterocycles. The number of hydrogen-bond acceptors (Lipinski definition) is 3. The minimum Gasteiger partial charge on any atom is -0.457 e. The van der Waals surface area contributed by atoms with Crippen LogP contribution >= 0.6 is 0 Å². The van der Waals surface area contributed by atoms with E-state index in [1.165, 1.54) is 13.0 Å². The number of nitrogens with zero attached hydrogens (tertiary/aromatic N) is 1. The fraction of sp³-hybridized carbons (Fsp3) is 0.250. The molecule has 2 aromatic rings. The van der Waals surface area contributed by atoms with Crippen molar-refractivity contribution in [1.29, 1.82) is 0 Å². The van der Waals surface area contributed by atoms with Crippen LogP contribution in [-0.2, 0) is 0 Å². The minimum absolute atomic E-state index is 0.169. The van der Waals surface area contributed by atoms with E-state index in [0.717, 1.165) is 5.69 Å². The summed E-state index contributed by atoms with van der Waals surface area (Å²) in [5.41, 5.74) is 1.15. The molecule has 0 radical (unpaired) electrons. The molecular weight excluding hydrogens is 257 g/mol. The topological polar surface area (TPSA) is 32.7 Å². The number of halogens is 1. The van der Waals surface area contributed by atoms with Crippen molar-refractivity contribution in [3.63, 3.8) is 0 Å². The molecule has 0 unspecified atom stereocenters. The normalized spacial score (nSPS) is 12.1. The van der Waals surface area contributed by atoms with Gasteiger partial charge in [0.2, 0.25) is 0 Å². The first-order valence-electron chi connectivity index (χ1n) is 6.40. The minimum atomic E-state index is -0.928. The van der Waals surface area contributed by atoms with Crippen molar-refractivity contribution in [3.8, 4) is 11.5 Å². The van der Waals surface area contributed by atoms with Gasteiger partial charge < -0.3 is 14.7 Å². The molecule has 0 heterocycles. The van der Waals surface area contributed by atoms with E-state index in [2.05, 4.69) is 0 Å². The van der Waals surface area contributed by atoms with Crippen molar-refractivity contribution >= 4 is 5.69 Å². The lowest BCUT2D eigenvalue weighted by Crippen LogP contribution is -2.08. The van der Waals surface area contributed by atoms with Crippen LogP contribution in [0.25, 0.3) is 0 Å². The monoisotopic (exact) mass is 275 g/mol. The number of anilines is 1. The zero-order valence-electron chi connectivity index (χ0n) is 11.8. The van der Waals surface area contributed by atoms with Crippen molar-refractivity contribution in [1.82, 2.24) is 0 Å². The zero-order valence-corrected chi connectivity index (χ0v) is 11.8. The summed E-state index contributed by atoms with van der Waals surface area (Å²) >= 11 is 0. The largest absolute Gasteiger partial charge is 0.457 e. The first-order valence-corrected chi connectivity index (χ1v) is 6.40. The van der Waals surface area contributed by atoms with Crippen LogP contribution in [-0.4, -0.2) is 19.2 Å². The molecule has 2 rings (SSSR count). The highest BCUT2D eigenvalue weighted by Crippen LogP contribution is 2.32. The van der Waals surface area contributed by atoms with Crippen LogP contribution in [0.2, 0.25) is 0 Å². The predicted octanol–water partition coefficient (Wildman–Crippen LogP) is 3.74. The van der Waals surface area contributed by atoms with Crippen LogP contribution in [0.5, 0.6) is 11.5 Å². The molecular formula is C16H18FNO2. The third-order valence-corrected chi connectivity index (χ3v) is 2.99. The molecule has 0 fully saturated rings. The molecule has 0 amide bonds. The second-order valence-corrected chi connectivity index (χ2v) is 4.82. The Labute approximate surface area is 118 Å². The van der Waals surface area contributed by atoms with Crippen LogP contribution in [0, 0.1) is 5.82 Å². The van der Waals surface area contributed by atoms with Gasteiger partial charge in [-0.2, -0.15) is 0 Å². The molecule has 0 spiro atoms. The first kappa shape index (κ1) is 14.3. The second kappa shape index (κ2) is 5.92. The molecule has 0 aromatic heterocycles. The van der Waals surface area contributed by atoms with Crippen molar-refractivity contribution in [3.05, 3.63) is 53.8 Å². The lowest BCUT2D eigenvalue weighted by Gasteiger charge is -2.16. The van der Waals surface area contributed by atoms with Gasteiger partial charge in [0.05, 0.1) is 11.7 Å². The summed E-state index contributed by atoms with van der Waals surface area (Å²) in [6, 6.07) is 12.0. The molecule has 106 valence electrons. The summed E-state index contributed by atoms with van der Waals surface area (Å²) in [7, 11) is 3.87. The van der Waals surface area contributed by atoms with Crippen LogP contribution in [0.4, 0.5) is 10.1 Å². The molecule has 2 aromatic carbocycles. The van der Waals surface area contributed by atoms with Gasteiger partial charge in [0.25, 0.3) is 0 Å². The van der Waals surface area contributed by atoms with Crippen molar-refractivity contribution in [2.75, 3.05) is 19.0 Å². The Morgan fingerprint density at radius 3 is 2.50 bits per heavy atom. The fourth-order valence-electron chi connectivity index (χ4n) is 1.96. The van der Waals surface area contributed by atoms with Gasteiger partial charge in [-0.15, -0.1) is 0 Å². The van der Waals surface area contributed by atoms with Gasteiger partial charge in [0, 0.05) is 25.8 Å². The summed E-state index contributed by atoms with van der Waals surface area (Å²) < 4.78 is 19.5. The van der Waals surface area contributed by atoms with Crippen molar-refractivity contribution in [2.24, 2.45) is 0 Å². The van der Waals surface area contributed by atoms with E-state index in [9.17, 15) is 9.50 Å². The molecule has 1 N–H and O–H groups in total. The maximum atomic E-state index is 13.8. The van der Waals surface area contributed by atoms with Gasteiger partial charge in [0.1, 0.15) is 17.3 Å². The van der Waals surface area contributed by atoms with E-state index in [0.29, 0.717) is 11.5 Å². The molecule has 1 atom stereocenters. The third kappa shape index (κ3) is 3.08. The lowest BCUT2D eigenvalue weighted by molar-refractivity contribution is 0.190. The second-order valence-electron chi connectivity index (χ2n) is 4.82. The number of aliphatic hydroxyl groups excluding tert-OH is 1. The summed E-state index contributed by atoms with van der Waals surface area (Å²) in [6.45, 7) is 1.52. The SMILES string of the molecule is C[C@H](O)c1c(F)cccc1Oc1cccc(N(C)C)c1. The number of aliphatic hydroxyl groups is 1. The Kier molecular flexibility index (Phi) is 4.25. The van der Waals surface area contributed by atoms with E-state index in [-0.39, 0.29) is 5.56 Å². The van der Waals surface area contributed by atoms with E-state index < -0.39 is 11.9 Å². The first-order chi connectivity index (χ1) is 9.49. The predicted molar refractivity (Wildman–Crippen MR) is 77.9 cm³/mol. The van der Waals surface area contributed by atoms with E-state index >= 15 is 0 Å². The maximum absolute atomic E-state index is 13.8. The number of rotatable bonds is 4. The van der Waals surface area contributed by atoms with Crippen LogP contribution in [0.1, 0.15) is 18.6 Å². The Morgan fingerprint density at radius 1 is 1.15 bits per heavy atom. The molecule has 0 aliphatic heterocycles. The molecule has 20 heavy (non-hydrogen) atoms. The fourth-order valence-corrected chi connectivity index (χ4v) is 1.96. The van der Waals surface area contributed by atoms with Gasteiger partial charge in [-0.05, 0) is 31.2 Å². The summed E-state index contributed by atoms with van der Waals surface area (Å²) in [6.07, 6.45) is -0.928. The van der Waals surface area contributed by atoms with Crippen LogP contribution in [0.3, 0.4) is 0 Å². The van der Waals surface area contributed by atoms with Crippen LogP contribution < -0.4 is 9.64 Å². The van der Waals surface area contributed by atoms with E-state index in [1.54, 1.807) is 18.2 Å².